The maximum absolute atomic E-state index is 10.4. The van der Waals surface area contributed by atoms with Crippen LogP contribution >= 0.6 is 0 Å². The molecular formula is C11H16N2O3. The lowest BCUT2D eigenvalue weighted by Crippen LogP contribution is -2.32. The van der Waals surface area contributed by atoms with E-state index < -0.39 is 10.5 Å². The molecule has 0 aliphatic carbocycles. The molecule has 0 aliphatic heterocycles. The van der Waals surface area contributed by atoms with Crippen molar-refractivity contribution in [1.29, 1.82) is 0 Å². The van der Waals surface area contributed by atoms with Crippen LogP contribution < -0.4 is 5.32 Å². The molecule has 88 valence electrons. The number of nitro groups is 1. The Morgan fingerprint density at radius 2 is 2.00 bits per heavy atom. The van der Waals surface area contributed by atoms with Crippen LogP contribution in [0.4, 0.5) is 11.4 Å². The molecule has 16 heavy (non-hydrogen) atoms. The van der Waals surface area contributed by atoms with Gasteiger partial charge in [-0.15, -0.1) is 0 Å². The fourth-order valence-electron chi connectivity index (χ4n) is 1.12. The van der Waals surface area contributed by atoms with Crippen molar-refractivity contribution in [2.24, 2.45) is 0 Å². The first-order valence-electron chi connectivity index (χ1n) is 5.15. The Labute approximate surface area is 94.3 Å². The summed E-state index contributed by atoms with van der Waals surface area (Å²) in [5, 5.41) is 23.2. The van der Waals surface area contributed by atoms with Gasteiger partial charge in [0.25, 0.3) is 5.69 Å². The Morgan fingerprint density at radius 1 is 1.44 bits per heavy atom. The largest absolute Gasteiger partial charge is 0.388 e. The van der Waals surface area contributed by atoms with Crippen molar-refractivity contribution in [2.75, 3.05) is 11.9 Å². The molecule has 5 heteroatoms. The number of non-ortho nitro benzene ring substituents is 1. The third-order valence-electron chi connectivity index (χ3n) is 2.51. The molecule has 0 aromatic heterocycles. The zero-order valence-corrected chi connectivity index (χ0v) is 9.43. The van der Waals surface area contributed by atoms with Gasteiger partial charge in [-0.1, -0.05) is 6.92 Å². The molecule has 1 atom stereocenters. The van der Waals surface area contributed by atoms with Gasteiger partial charge in [0.15, 0.2) is 0 Å². The molecule has 5 nitrogen and oxygen atoms in total. The van der Waals surface area contributed by atoms with E-state index in [-0.39, 0.29) is 5.69 Å². The normalized spacial score (nSPS) is 14.2. The predicted octanol–water partition coefficient (Wildman–Crippen LogP) is 2.17. The molecule has 0 amide bonds. The molecule has 0 bridgehead atoms. The van der Waals surface area contributed by atoms with E-state index in [0.717, 1.165) is 5.69 Å². The van der Waals surface area contributed by atoms with E-state index >= 15 is 0 Å². The third kappa shape index (κ3) is 3.51. The van der Waals surface area contributed by atoms with E-state index in [2.05, 4.69) is 5.32 Å². The molecule has 0 radical (unpaired) electrons. The minimum Gasteiger partial charge on any atom is -0.388 e. The average Bonchev–Trinajstić information content (AvgIpc) is 2.27. The number of hydrogen-bond acceptors (Lipinski definition) is 4. The number of hydrogen-bond donors (Lipinski definition) is 2. The standard InChI is InChI=1S/C11H16N2O3/c1-3-11(2,14)8-12-9-4-6-10(7-5-9)13(15)16/h4-7,12,14H,3,8H2,1-2H3. The van der Waals surface area contributed by atoms with E-state index in [0.29, 0.717) is 13.0 Å². The molecule has 1 rings (SSSR count). The Morgan fingerprint density at radius 3 is 2.44 bits per heavy atom. The topological polar surface area (TPSA) is 75.4 Å². The van der Waals surface area contributed by atoms with Crippen LogP contribution in [0.25, 0.3) is 0 Å². The molecule has 0 fully saturated rings. The van der Waals surface area contributed by atoms with Crippen molar-refractivity contribution in [1.82, 2.24) is 0 Å². The predicted molar refractivity (Wildman–Crippen MR) is 62.5 cm³/mol. The van der Waals surface area contributed by atoms with E-state index in [9.17, 15) is 15.2 Å². The van der Waals surface area contributed by atoms with Crippen LogP contribution in [0.5, 0.6) is 0 Å². The molecule has 1 aromatic carbocycles. The molecule has 0 spiro atoms. The molecule has 2 N–H and O–H groups in total. The van der Waals surface area contributed by atoms with Crippen LogP contribution in [0.15, 0.2) is 24.3 Å². The number of aliphatic hydroxyl groups is 1. The number of nitrogens with one attached hydrogen (secondary N) is 1. The van der Waals surface area contributed by atoms with Gasteiger partial charge in [-0.05, 0) is 25.5 Å². The van der Waals surface area contributed by atoms with Crippen molar-refractivity contribution in [3.05, 3.63) is 34.4 Å². The second-order valence-corrected chi connectivity index (χ2v) is 4.01. The minimum absolute atomic E-state index is 0.0628. The highest BCUT2D eigenvalue weighted by molar-refractivity contribution is 5.48. The smallest absolute Gasteiger partial charge is 0.269 e. The Kier molecular flexibility index (Phi) is 3.84. The zero-order valence-electron chi connectivity index (χ0n) is 9.43. The van der Waals surface area contributed by atoms with Crippen molar-refractivity contribution >= 4 is 11.4 Å². The fraction of sp³-hybridized carbons (Fsp3) is 0.455. The molecule has 1 aromatic rings. The summed E-state index contributed by atoms with van der Waals surface area (Å²) in [5.74, 6) is 0. The highest BCUT2D eigenvalue weighted by atomic mass is 16.6. The Balaban J connectivity index is 2.59. The quantitative estimate of drug-likeness (QED) is 0.593. The number of rotatable bonds is 5. The van der Waals surface area contributed by atoms with Gasteiger partial charge in [-0.2, -0.15) is 0 Å². The van der Waals surface area contributed by atoms with Crippen molar-refractivity contribution in [2.45, 2.75) is 25.9 Å². The van der Waals surface area contributed by atoms with Crippen LogP contribution in [0.2, 0.25) is 0 Å². The Hall–Kier alpha value is -1.62. The summed E-state index contributed by atoms with van der Waals surface area (Å²) in [4.78, 5) is 9.98. The Bertz CT molecular complexity index is 360. The molecular weight excluding hydrogens is 208 g/mol. The van der Waals surface area contributed by atoms with Gasteiger partial charge in [-0.25, -0.2) is 0 Å². The maximum Gasteiger partial charge on any atom is 0.269 e. The van der Waals surface area contributed by atoms with Gasteiger partial charge < -0.3 is 10.4 Å². The molecule has 0 saturated carbocycles. The number of nitro benzene ring substituents is 1. The summed E-state index contributed by atoms with van der Waals surface area (Å²) in [6.45, 7) is 4.06. The summed E-state index contributed by atoms with van der Waals surface area (Å²) in [7, 11) is 0. The van der Waals surface area contributed by atoms with Gasteiger partial charge >= 0.3 is 0 Å². The van der Waals surface area contributed by atoms with E-state index in [1.807, 2.05) is 6.92 Å². The zero-order chi connectivity index (χ0) is 12.2. The first-order chi connectivity index (χ1) is 7.44. The van der Waals surface area contributed by atoms with Gasteiger partial charge in [0.2, 0.25) is 0 Å². The van der Waals surface area contributed by atoms with Crippen LogP contribution in [-0.2, 0) is 0 Å². The SMILES string of the molecule is CCC(C)(O)CNc1ccc([N+](=O)[O-])cc1. The maximum atomic E-state index is 10.4. The minimum atomic E-state index is -0.762. The molecule has 1 unspecified atom stereocenters. The van der Waals surface area contributed by atoms with Crippen LogP contribution in [0.1, 0.15) is 20.3 Å². The second-order valence-electron chi connectivity index (χ2n) is 4.01. The summed E-state index contributed by atoms with van der Waals surface area (Å²) in [6, 6.07) is 6.12. The van der Waals surface area contributed by atoms with Crippen LogP contribution in [0.3, 0.4) is 0 Å². The number of anilines is 1. The molecule has 0 saturated heterocycles. The number of nitrogens with zero attached hydrogens (tertiary/aromatic N) is 1. The van der Waals surface area contributed by atoms with Gasteiger partial charge in [0.1, 0.15) is 0 Å². The lowest BCUT2D eigenvalue weighted by molar-refractivity contribution is -0.384. The highest BCUT2D eigenvalue weighted by Gasteiger charge is 2.16. The molecule has 0 aliphatic rings. The van der Waals surface area contributed by atoms with E-state index in [1.165, 1.54) is 12.1 Å². The second kappa shape index (κ2) is 4.94. The van der Waals surface area contributed by atoms with Gasteiger partial charge in [0, 0.05) is 24.4 Å². The monoisotopic (exact) mass is 224 g/mol. The van der Waals surface area contributed by atoms with Crippen LogP contribution in [-0.4, -0.2) is 22.2 Å². The third-order valence-corrected chi connectivity index (χ3v) is 2.51. The highest BCUT2D eigenvalue weighted by Crippen LogP contribution is 2.17. The lowest BCUT2D eigenvalue weighted by Gasteiger charge is -2.22. The first kappa shape index (κ1) is 12.4. The average molecular weight is 224 g/mol. The van der Waals surface area contributed by atoms with Gasteiger partial charge in [-0.3, -0.25) is 10.1 Å². The summed E-state index contributed by atoms with van der Waals surface area (Å²) < 4.78 is 0. The fourth-order valence-corrected chi connectivity index (χ4v) is 1.12. The van der Waals surface area contributed by atoms with E-state index in [4.69, 9.17) is 0 Å². The van der Waals surface area contributed by atoms with Crippen molar-refractivity contribution in [3.8, 4) is 0 Å². The van der Waals surface area contributed by atoms with Crippen molar-refractivity contribution in [3.63, 3.8) is 0 Å². The summed E-state index contributed by atoms with van der Waals surface area (Å²) >= 11 is 0. The van der Waals surface area contributed by atoms with Crippen LogP contribution in [0, 0.1) is 10.1 Å². The summed E-state index contributed by atoms with van der Waals surface area (Å²) in [6.07, 6.45) is 0.646. The first-order valence-corrected chi connectivity index (χ1v) is 5.15. The lowest BCUT2D eigenvalue weighted by atomic mass is 10.0. The van der Waals surface area contributed by atoms with Crippen molar-refractivity contribution < 1.29 is 10.0 Å². The van der Waals surface area contributed by atoms with E-state index in [1.54, 1.807) is 19.1 Å². The van der Waals surface area contributed by atoms with Gasteiger partial charge in [0.05, 0.1) is 10.5 Å². The number of benzene rings is 1. The molecule has 0 heterocycles. The summed E-state index contributed by atoms with van der Waals surface area (Å²) in [5.41, 5.74) is 0.0639.